The largest absolute Gasteiger partial charge is 0.338 e. The summed E-state index contributed by atoms with van der Waals surface area (Å²) in [6, 6.07) is -0.0417. The number of nitrogens with one attached hydrogen (secondary N) is 2. The van der Waals surface area contributed by atoms with Crippen LogP contribution in [0.5, 0.6) is 0 Å². The fourth-order valence-corrected chi connectivity index (χ4v) is 1.81. The van der Waals surface area contributed by atoms with Crippen molar-refractivity contribution in [1.82, 2.24) is 10.6 Å². The molecule has 0 atom stereocenters. The van der Waals surface area contributed by atoms with Gasteiger partial charge in [-0.25, -0.2) is 4.79 Å². The monoisotopic (exact) mass is 228 g/mol. The third-order valence-corrected chi connectivity index (χ3v) is 2.88. The van der Waals surface area contributed by atoms with Crippen molar-refractivity contribution in [3.8, 4) is 0 Å². The van der Waals surface area contributed by atoms with Gasteiger partial charge in [0.1, 0.15) is 0 Å². The van der Waals surface area contributed by atoms with Gasteiger partial charge in [0.2, 0.25) is 0 Å². The van der Waals surface area contributed by atoms with E-state index in [2.05, 4.69) is 52.2 Å². The molecule has 96 valence electrons. The van der Waals surface area contributed by atoms with E-state index < -0.39 is 0 Å². The van der Waals surface area contributed by atoms with E-state index in [0.29, 0.717) is 23.7 Å². The lowest BCUT2D eigenvalue weighted by Crippen LogP contribution is -2.41. The Morgan fingerprint density at radius 3 is 1.69 bits per heavy atom. The third-order valence-electron chi connectivity index (χ3n) is 2.88. The summed E-state index contributed by atoms with van der Waals surface area (Å²) in [5, 5.41) is 5.82. The van der Waals surface area contributed by atoms with Crippen molar-refractivity contribution in [2.75, 3.05) is 13.1 Å². The molecule has 0 aliphatic carbocycles. The summed E-state index contributed by atoms with van der Waals surface area (Å²) in [6.45, 7) is 14.5. The number of amides is 2. The van der Waals surface area contributed by atoms with Gasteiger partial charge in [-0.15, -0.1) is 0 Å². The molecule has 0 bridgehead atoms. The minimum Gasteiger partial charge on any atom is -0.338 e. The van der Waals surface area contributed by atoms with Gasteiger partial charge in [-0.05, 0) is 23.7 Å². The lowest BCUT2D eigenvalue weighted by Gasteiger charge is -2.25. The molecule has 0 aromatic rings. The lowest BCUT2D eigenvalue weighted by molar-refractivity contribution is 0.228. The SMILES string of the molecule is CC(C)CNC(=O)NCC(C(C)C)C(C)C. The first-order valence-corrected chi connectivity index (χ1v) is 6.36. The Bertz CT molecular complexity index is 192. The molecule has 0 fully saturated rings. The molecule has 0 saturated heterocycles. The topological polar surface area (TPSA) is 41.1 Å². The van der Waals surface area contributed by atoms with Gasteiger partial charge in [0.25, 0.3) is 0 Å². The number of hydrogen-bond acceptors (Lipinski definition) is 1. The zero-order valence-electron chi connectivity index (χ0n) is 11.6. The molecule has 0 aliphatic heterocycles. The smallest absolute Gasteiger partial charge is 0.314 e. The molecule has 2 N–H and O–H groups in total. The molecule has 0 spiro atoms. The minimum atomic E-state index is -0.0417. The average Bonchev–Trinajstić information content (AvgIpc) is 2.13. The summed E-state index contributed by atoms with van der Waals surface area (Å²) in [5.74, 6) is 2.25. The highest BCUT2D eigenvalue weighted by molar-refractivity contribution is 5.73. The van der Waals surface area contributed by atoms with Gasteiger partial charge in [0, 0.05) is 13.1 Å². The molecule has 0 aliphatic rings. The number of carbonyl (C=O) groups is 1. The van der Waals surface area contributed by atoms with Gasteiger partial charge in [-0.2, -0.15) is 0 Å². The van der Waals surface area contributed by atoms with E-state index >= 15 is 0 Å². The van der Waals surface area contributed by atoms with Gasteiger partial charge >= 0.3 is 6.03 Å². The number of rotatable bonds is 6. The fourth-order valence-electron chi connectivity index (χ4n) is 1.81. The maximum absolute atomic E-state index is 11.5. The molecular weight excluding hydrogens is 200 g/mol. The van der Waals surface area contributed by atoms with E-state index in [4.69, 9.17) is 0 Å². The van der Waals surface area contributed by atoms with Crippen LogP contribution in [-0.2, 0) is 0 Å². The maximum atomic E-state index is 11.5. The van der Waals surface area contributed by atoms with Crippen LogP contribution in [0.25, 0.3) is 0 Å². The van der Waals surface area contributed by atoms with Crippen LogP contribution in [0.2, 0.25) is 0 Å². The van der Waals surface area contributed by atoms with Crippen LogP contribution < -0.4 is 10.6 Å². The first kappa shape index (κ1) is 15.3. The van der Waals surface area contributed by atoms with Crippen LogP contribution in [0.4, 0.5) is 4.79 Å². The predicted molar refractivity (Wildman–Crippen MR) is 69.4 cm³/mol. The maximum Gasteiger partial charge on any atom is 0.314 e. The van der Waals surface area contributed by atoms with Crippen molar-refractivity contribution in [3.63, 3.8) is 0 Å². The first-order chi connectivity index (χ1) is 7.34. The lowest BCUT2D eigenvalue weighted by atomic mass is 9.85. The quantitative estimate of drug-likeness (QED) is 0.721. The predicted octanol–water partition coefficient (Wildman–Crippen LogP) is 2.87. The van der Waals surface area contributed by atoms with Crippen molar-refractivity contribution in [3.05, 3.63) is 0 Å². The second kappa shape index (κ2) is 7.53. The van der Waals surface area contributed by atoms with E-state index in [1.807, 2.05) is 0 Å². The zero-order chi connectivity index (χ0) is 12.7. The Labute approximate surface area is 100 Å². The molecule has 0 radical (unpaired) electrons. The van der Waals surface area contributed by atoms with Crippen LogP contribution in [-0.4, -0.2) is 19.1 Å². The molecule has 2 amide bonds. The second-order valence-electron chi connectivity index (χ2n) is 5.64. The van der Waals surface area contributed by atoms with Gasteiger partial charge in [-0.1, -0.05) is 41.5 Å². The van der Waals surface area contributed by atoms with Gasteiger partial charge in [0.15, 0.2) is 0 Å². The number of urea groups is 1. The van der Waals surface area contributed by atoms with Crippen molar-refractivity contribution >= 4 is 6.03 Å². The number of carbonyl (C=O) groups excluding carboxylic acids is 1. The summed E-state index contributed by atoms with van der Waals surface area (Å²) in [7, 11) is 0. The minimum absolute atomic E-state index is 0.0417. The van der Waals surface area contributed by atoms with Crippen LogP contribution in [0.15, 0.2) is 0 Å². The van der Waals surface area contributed by atoms with Crippen LogP contribution in [0.3, 0.4) is 0 Å². The normalized spacial score (nSPS) is 11.6. The molecule has 0 saturated carbocycles. The summed E-state index contributed by atoms with van der Waals surface area (Å²) in [6.07, 6.45) is 0. The molecule has 0 rings (SSSR count). The molecule has 3 nitrogen and oxygen atoms in total. The molecule has 0 unspecified atom stereocenters. The molecule has 0 heterocycles. The van der Waals surface area contributed by atoms with Gasteiger partial charge < -0.3 is 10.6 Å². The molecule has 0 aromatic heterocycles. The molecule has 16 heavy (non-hydrogen) atoms. The van der Waals surface area contributed by atoms with E-state index in [0.717, 1.165) is 13.1 Å². The summed E-state index contributed by atoms with van der Waals surface area (Å²) >= 11 is 0. The fraction of sp³-hybridized carbons (Fsp3) is 0.923. The van der Waals surface area contributed by atoms with Crippen LogP contribution in [0.1, 0.15) is 41.5 Å². The molecule has 3 heteroatoms. The van der Waals surface area contributed by atoms with Crippen molar-refractivity contribution in [1.29, 1.82) is 0 Å². The van der Waals surface area contributed by atoms with Crippen molar-refractivity contribution in [2.24, 2.45) is 23.7 Å². The van der Waals surface area contributed by atoms with Gasteiger partial charge in [-0.3, -0.25) is 0 Å². The summed E-state index contributed by atoms with van der Waals surface area (Å²) < 4.78 is 0. The highest BCUT2D eigenvalue weighted by atomic mass is 16.2. The van der Waals surface area contributed by atoms with Crippen molar-refractivity contribution < 1.29 is 4.79 Å². The number of hydrogen-bond donors (Lipinski definition) is 2. The summed E-state index contributed by atoms with van der Waals surface area (Å²) in [5.41, 5.74) is 0. The first-order valence-electron chi connectivity index (χ1n) is 6.36. The Hall–Kier alpha value is -0.730. The Morgan fingerprint density at radius 2 is 1.31 bits per heavy atom. The highest BCUT2D eigenvalue weighted by Gasteiger charge is 2.17. The zero-order valence-corrected chi connectivity index (χ0v) is 11.6. The average molecular weight is 228 g/mol. The second-order valence-corrected chi connectivity index (χ2v) is 5.64. The van der Waals surface area contributed by atoms with Crippen LogP contribution in [0, 0.1) is 23.7 Å². The highest BCUT2D eigenvalue weighted by Crippen LogP contribution is 2.19. The van der Waals surface area contributed by atoms with E-state index in [1.165, 1.54) is 0 Å². The Kier molecular flexibility index (Phi) is 7.18. The standard InChI is InChI=1S/C13H28N2O/c1-9(2)7-14-13(16)15-8-12(10(3)4)11(5)6/h9-12H,7-8H2,1-6H3,(H2,14,15,16). The molecular formula is C13H28N2O. The Morgan fingerprint density at radius 1 is 0.875 bits per heavy atom. The third kappa shape index (κ3) is 6.70. The van der Waals surface area contributed by atoms with E-state index in [9.17, 15) is 4.79 Å². The van der Waals surface area contributed by atoms with Crippen LogP contribution >= 0.6 is 0 Å². The summed E-state index contributed by atoms with van der Waals surface area (Å²) in [4.78, 5) is 11.5. The van der Waals surface area contributed by atoms with E-state index in [-0.39, 0.29) is 6.03 Å². The van der Waals surface area contributed by atoms with Crippen molar-refractivity contribution in [2.45, 2.75) is 41.5 Å². The molecule has 0 aromatic carbocycles. The van der Waals surface area contributed by atoms with Gasteiger partial charge in [0.05, 0.1) is 0 Å². The van der Waals surface area contributed by atoms with E-state index in [1.54, 1.807) is 0 Å². The Balaban J connectivity index is 3.88.